The predicted molar refractivity (Wildman–Crippen MR) is 107 cm³/mol. The van der Waals surface area contributed by atoms with Gasteiger partial charge in [0.15, 0.2) is 5.65 Å². The molecule has 4 rings (SSSR count). The van der Waals surface area contributed by atoms with Gasteiger partial charge in [-0.3, -0.25) is 0 Å². The first-order valence-corrected chi connectivity index (χ1v) is 11.0. The Morgan fingerprint density at radius 3 is 2.52 bits per heavy atom. The highest BCUT2D eigenvalue weighted by Gasteiger charge is 2.29. The second-order valence-electron chi connectivity index (χ2n) is 7.01. The molecule has 0 amide bonds. The van der Waals surface area contributed by atoms with Gasteiger partial charge in [-0.25, -0.2) is 22.7 Å². The number of aromatic nitrogens is 2. The number of sulfonamides is 1. The Balaban J connectivity index is 1.38. The Morgan fingerprint density at radius 2 is 1.74 bits per heavy atom. The van der Waals surface area contributed by atoms with E-state index in [2.05, 4.69) is 9.97 Å². The van der Waals surface area contributed by atoms with Crippen molar-refractivity contribution in [2.45, 2.75) is 25.2 Å². The Hall–Kier alpha value is -2.31. The van der Waals surface area contributed by atoms with Gasteiger partial charge in [-0.2, -0.15) is 0 Å². The van der Waals surface area contributed by atoms with E-state index in [-0.39, 0.29) is 11.7 Å². The first-order valence-electron chi connectivity index (χ1n) is 9.35. The molecule has 6 heteroatoms. The molecule has 140 valence electrons. The van der Waals surface area contributed by atoms with Gasteiger partial charge in [0.1, 0.15) is 0 Å². The molecule has 1 aromatic carbocycles. The lowest BCUT2D eigenvalue weighted by atomic mass is 9.94. The van der Waals surface area contributed by atoms with E-state index >= 15 is 0 Å². The van der Waals surface area contributed by atoms with Gasteiger partial charge >= 0.3 is 0 Å². The van der Waals surface area contributed by atoms with Gasteiger partial charge in [0.2, 0.25) is 10.0 Å². The maximum atomic E-state index is 12.7. The zero-order valence-corrected chi connectivity index (χ0v) is 16.0. The smallest absolute Gasteiger partial charge is 0.214 e. The number of aryl methyl sites for hydroxylation is 1. The van der Waals surface area contributed by atoms with Crippen molar-refractivity contribution in [1.29, 1.82) is 0 Å². The summed E-state index contributed by atoms with van der Waals surface area (Å²) < 4.78 is 27.0. The molecule has 2 aromatic heterocycles. The molecule has 0 atom stereocenters. The molecule has 0 bridgehead atoms. The number of rotatable bonds is 5. The lowest BCUT2D eigenvalue weighted by Crippen LogP contribution is -2.39. The van der Waals surface area contributed by atoms with Crippen LogP contribution in [0.4, 0.5) is 0 Å². The predicted octanol–water partition coefficient (Wildman–Crippen LogP) is 3.38. The Kier molecular flexibility index (Phi) is 5.18. The SMILES string of the molecule is O=S(=O)(CCc1ccccc1)N1CCC(c2ccc3cccnc3n2)CC1. The fraction of sp³-hybridized carbons (Fsp3) is 0.333. The van der Waals surface area contributed by atoms with E-state index in [1.165, 1.54) is 0 Å². The molecule has 0 N–H and O–H groups in total. The normalized spacial score (nSPS) is 16.6. The topological polar surface area (TPSA) is 63.2 Å². The van der Waals surface area contributed by atoms with Crippen LogP contribution in [-0.4, -0.2) is 41.5 Å². The summed E-state index contributed by atoms with van der Waals surface area (Å²) >= 11 is 0. The van der Waals surface area contributed by atoms with Crippen LogP contribution in [0.2, 0.25) is 0 Å². The molecule has 0 unspecified atom stereocenters. The zero-order chi connectivity index (χ0) is 18.7. The number of nitrogens with zero attached hydrogens (tertiary/aromatic N) is 3. The van der Waals surface area contributed by atoms with Crippen LogP contribution >= 0.6 is 0 Å². The zero-order valence-electron chi connectivity index (χ0n) is 15.2. The number of piperidine rings is 1. The van der Waals surface area contributed by atoms with Gasteiger partial charge in [-0.05, 0) is 49.1 Å². The number of pyridine rings is 2. The van der Waals surface area contributed by atoms with Crippen LogP contribution in [0.5, 0.6) is 0 Å². The summed E-state index contributed by atoms with van der Waals surface area (Å²) in [6, 6.07) is 17.8. The van der Waals surface area contributed by atoms with Crippen LogP contribution in [0.25, 0.3) is 11.0 Å². The summed E-state index contributed by atoms with van der Waals surface area (Å²) in [5, 5.41) is 1.03. The lowest BCUT2D eigenvalue weighted by Gasteiger charge is -2.31. The summed E-state index contributed by atoms with van der Waals surface area (Å²) in [4.78, 5) is 9.01. The molecule has 0 aliphatic carbocycles. The minimum atomic E-state index is -3.22. The maximum absolute atomic E-state index is 12.7. The molecule has 3 heterocycles. The number of hydrogen-bond acceptors (Lipinski definition) is 4. The fourth-order valence-corrected chi connectivity index (χ4v) is 5.16. The monoisotopic (exact) mass is 381 g/mol. The quantitative estimate of drug-likeness (QED) is 0.680. The molecular formula is C21H23N3O2S. The van der Waals surface area contributed by atoms with E-state index in [1.54, 1.807) is 10.5 Å². The first kappa shape index (κ1) is 18.1. The molecule has 3 aromatic rings. The van der Waals surface area contributed by atoms with Crippen molar-refractivity contribution in [3.8, 4) is 0 Å². The van der Waals surface area contributed by atoms with Crippen LogP contribution in [0.3, 0.4) is 0 Å². The molecule has 0 radical (unpaired) electrons. The second-order valence-corrected chi connectivity index (χ2v) is 9.10. The number of fused-ring (bicyclic) bond motifs is 1. The van der Waals surface area contributed by atoms with E-state index in [1.807, 2.05) is 54.6 Å². The molecule has 0 saturated carbocycles. The van der Waals surface area contributed by atoms with Gasteiger partial charge in [0.25, 0.3) is 0 Å². The van der Waals surface area contributed by atoms with Gasteiger partial charge in [0, 0.05) is 36.3 Å². The average Bonchev–Trinajstić information content (AvgIpc) is 2.73. The molecule has 1 aliphatic rings. The molecule has 5 nitrogen and oxygen atoms in total. The van der Waals surface area contributed by atoms with Crippen LogP contribution < -0.4 is 0 Å². The van der Waals surface area contributed by atoms with Crippen molar-refractivity contribution in [3.63, 3.8) is 0 Å². The van der Waals surface area contributed by atoms with Crippen molar-refractivity contribution in [2.24, 2.45) is 0 Å². The van der Waals surface area contributed by atoms with Crippen LogP contribution in [-0.2, 0) is 16.4 Å². The fourth-order valence-electron chi connectivity index (χ4n) is 3.65. The summed E-state index contributed by atoms with van der Waals surface area (Å²) in [6.07, 6.45) is 3.91. The van der Waals surface area contributed by atoms with E-state index in [9.17, 15) is 8.42 Å². The van der Waals surface area contributed by atoms with E-state index in [4.69, 9.17) is 0 Å². The van der Waals surface area contributed by atoms with Crippen molar-refractivity contribution >= 4 is 21.1 Å². The van der Waals surface area contributed by atoms with Crippen molar-refractivity contribution in [3.05, 3.63) is 72.1 Å². The van der Waals surface area contributed by atoms with Gasteiger partial charge in [0.05, 0.1) is 5.75 Å². The third-order valence-corrected chi connectivity index (χ3v) is 7.11. The van der Waals surface area contributed by atoms with Gasteiger partial charge in [-0.1, -0.05) is 30.3 Å². The average molecular weight is 382 g/mol. The summed E-state index contributed by atoms with van der Waals surface area (Å²) in [5.41, 5.74) is 2.83. The van der Waals surface area contributed by atoms with E-state index in [0.717, 1.165) is 35.1 Å². The number of hydrogen-bond donors (Lipinski definition) is 0. The van der Waals surface area contributed by atoms with Crippen LogP contribution in [0.1, 0.15) is 30.0 Å². The number of benzene rings is 1. The molecule has 1 saturated heterocycles. The molecule has 0 spiro atoms. The van der Waals surface area contributed by atoms with Crippen molar-refractivity contribution in [2.75, 3.05) is 18.8 Å². The van der Waals surface area contributed by atoms with Gasteiger partial charge < -0.3 is 0 Å². The van der Waals surface area contributed by atoms with E-state index in [0.29, 0.717) is 19.5 Å². The Morgan fingerprint density at radius 1 is 0.963 bits per heavy atom. The molecule has 1 aliphatic heterocycles. The summed E-state index contributed by atoms with van der Waals surface area (Å²) in [7, 11) is -3.22. The van der Waals surface area contributed by atoms with Crippen LogP contribution in [0, 0.1) is 0 Å². The highest BCUT2D eigenvalue weighted by atomic mass is 32.2. The Labute approximate surface area is 160 Å². The molecule has 1 fully saturated rings. The largest absolute Gasteiger partial charge is 0.237 e. The van der Waals surface area contributed by atoms with Crippen molar-refractivity contribution < 1.29 is 8.42 Å². The highest BCUT2D eigenvalue weighted by molar-refractivity contribution is 7.89. The standard InChI is InChI=1S/C21H23N3O2S/c25-27(26,16-12-17-5-2-1-3-6-17)24-14-10-18(11-15-24)20-9-8-19-7-4-13-22-21(19)23-20/h1-9,13,18H,10-12,14-16H2. The highest BCUT2D eigenvalue weighted by Crippen LogP contribution is 2.29. The first-order chi connectivity index (χ1) is 13.1. The van der Waals surface area contributed by atoms with Crippen molar-refractivity contribution in [1.82, 2.24) is 14.3 Å². The summed E-state index contributed by atoms with van der Waals surface area (Å²) in [5.74, 6) is 0.455. The lowest BCUT2D eigenvalue weighted by molar-refractivity contribution is 0.317. The minimum absolute atomic E-state index is 0.166. The minimum Gasteiger partial charge on any atom is -0.237 e. The van der Waals surface area contributed by atoms with Gasteiger partial charge in [-0.15, -0.1) is 0 Å². The summed E-state index contributed by atoms with van der Waals surface area (Å²) in [6.45, 7) is 1.12. The maximum Gasteiger partial charge on any atom is 0.214 e. The second kappa shape index (κ2) is 7.74. The Bertz CT molecular complexity index is 1010. The third-order valence-electron chi connectivity index (χ3n) is 5.24. The van der Waals surface area contributed by atoms with Crippen LogP contribution in [0.15, 0.2) is 60.8 Å². The molecular weight excluding hydrogens is 358 g/mol. The van der Waals surface area contributed by atoms with E-state index < -0.39 is 10.0 Å². The third kappa shape index (κ3) is 4.17. The molecule has 27 heavy (non-hydrogen) atoms.